The third kappa shape index (κ3) is 3.16. The first-order valence-electron chi connectivity index (χ1n) is 9.20. The van der Waals surface area contributed by atoms with E-state index in [0.717, 1.165) is 18.4 Å². The molecule has 2 heterocycles. The van der Waals surface area contributed by atoms with Gasteiger partial charge >= 0.3 is 0 Å². The van der Waals surface area contributed by atoms with E-state index in [1.165, 1.54) is 58.3 Å². The van der Waals surface area contributed by atoms with Crippen LogP contribution < -0.4 is 5.32 Å². The summed E-state index contributed by atoms with van der Waals surface area (Å²) in [6, 6.07) is 0.677. The normalized spacial score (nSPS) is 37.0. The minimum Gasteiger partial charge on any atom is -0.377 e. The monoisotopic (exact) mass is 294 g/mol. The van der Waals surface area contributed by atoms with E-state index in [2.05, 4.69) is 31.0 Å². The first kappa shape index (κ1) is 15.8. The van der Waals surface area contributed by atoms with Crippen LogP contribution in [0.5, 0.6) is 0 Å². The van der Waals surface area contributed by atoms with E-state index in [1.54, 1.807) is 0 Å². The van der Waals surface area contributed by atoms with Gasteiger partial charge in [-0.3, -0.25) is 0 Å². The highest BCUT2D eigenvalue weighted by Gasteiger charge is 2.57. The maximum absolute atomic E-state index is 6.01. The van der Waals surface area contributed by atoms with Crippen LogP contribution in [0.25, 0.3) is 0 Å². The fraction of sp³-hybridized carbons (Fsp3) is 1.00. The lowest BCUT2D eigenvalue weighted by Gasteiger charge is -2.60. The van der Waals surface area contributed by atoms with E-state index < -0.39 is 0 Å². The lowest BCUT2D eigenvalue weighted by Crippen LogP contribution is -2.69. The Labute approximate surface area is 130 Å². The zero-order valence-corrected chi connectivity index (χ0v) is 14.2. The van der Waals surface area contributed by atoms with Crippen molar-refractivity contribution in [3.8, 4) is 0 Å². The lowest BCUT2D eigenvalue weighted by atomic mass is 9.55. The van der Waals surface area contributed by atoms with Crippen molar-refractivity contribution in [2.24, 2.45) is 17.3 Å². The summed E-state index contributed by atoms with van der Waals surface area (Å²) in [4.78, 5) is 2.63. The molecule has 3 fully saturated rings. The summed E-state index contributed by atoms with van der Waals surface area (Å²) in [7, 11) is 0. The van der Waals surface area contributed by atoms with Crippen LogP contribution in [0, 0.1) is 17.3 Å². The van der Waals surface area contributed by atoms with Gasteiger partial charge in [0, 0.05) is 24.0 Å². The first-order chi connectivity index (χ1) is 10.1. The van der Waals surface area contributed by atoms with Crippen LogP contribution in [-0.2, 0) is 4.74 Å². The van der Waals surface area contributed by atoms with E-state index in [0.29, 0.717) is 17.6 Å². The quantitative estimate of drug-likeness (QED) is 0.844. The molecule has 0 spiro atoms. The molecule has 0 amide bonds. The van der Waals surface area contributed by atoms with E-state index in [4.69, 9.17) is 4.74 Å². The fourth-order valence-electron chi connectivity index (χ4n) is 4.96. The second-order valence-corrected chi connectivity index (χ2v) is 8.09. The zero-order valence-electron chi connectivity index (χ0n) is 14.2. The van der Waals surface area contributed by atoms with Crippen molar-refractivity contribution in [1.82, 2.24) is 10.2 Å². The molecule has 3 atom stereocenters. The highest BCUT2D eigenvalue weighted by molar-refractivity contribution is 5.10. The van der Waals surface area contributed by atoms with Gasteiger partial charge < -0.3 is 15.0 Å². The predicted octanol–water partition coefficient (Wildman–Crippen LogP) is 2.90. The Morgan fingerprint density at radius 2 is 1.95 bits per heavy atom. The largest absolute Gasteiger partial charge is 0.377 e. The van der Waals surface area contributed by atoms with Crippen molar-refractivity contribution in [1.29, 1.82) is 0 Å². The topological polar surface area (TPSA) is 24.5 Å². The molecule has 2 aliphatic heterocycles. The summed E-state index contributed by atoms with van der Waals surface area (Å²) in [5, 5.41) is 3.93. The molecule has 0 aromatic heterocycles. The van der Waals surface area contributed by atoms with Gasteiger partial charge in [-0.1, -0.05) is 20.8 Å². The third-order valence-electron chi connectivity index (χ3n) is 6.20. The average Bonchev–Trinajstić information content (AvgIpc) is 2.49. The standard InChI is InChI=1S/C18H34N2O/c1-4-9-20-10-7-14(8-11-20)13-19-16-15-6-5-12-21-17(15)18(16,2)3/h14-17,19H,4-13H2,1-3H3/t15-,16+,17+/m0/s1. The van der Waals surface area contributed by atoms with Gasteiger partial charge in [0.15, 0.2) is 0 Å². The number of rotatable bonds is 5. The van der Waals surface area contributed by atoms with Crippen molar-refractivity contribution >= 4 is 0 Å². The predicted molar refractivity (Wildman–Crippen MR) is 87.5 cm³/mol. The van der Waals surface area contributed by atoms with Gasteiger partial charge in [-0.2, -0.15) is 0 Å². The molecule has 3 rings (SSSR count). The van der Waals surface area contributed by atoms with Crippen LogP contribution in [0.15, 0.2) is 0 Å². The number of piperidine rings is 1. The summed E-state index contributed by atoms with van der Waals surface area (Å²) in [5.41, 5.74) is 0.327. The van der Waals surface area contributed by atoms with E-state index in [-0.39, 0.29) is 0 Å². The molecule has 2 saturated heterocycles. The van der Waals surface area contributed by atoms with Crippen LogP contribution in [-0.4, -0.2) is 49.8 Å². The molecule has 1 N–H and O–H groups in total. The van der Waals surface area contributed by atoms with Crippen LogP contribution in [0.1, 0.15) is 52.9 Å². The molecule has 3 aliphatic rings. The molecular formula is C18H34N2O. The molecule has 0 aromatic carbocycles. The van der Waals surface area contributed by atoms with Crippen molar-refractivity contribution in [3.63, 3.8) is 0 Å². The second kappa shape index (κ2) is 6.55. The fourth-order valence-corrected chi connectivity index (χ4v) is 4.96. The van der Waals surface area contributed by atoms with Gasteiger partial charge in [0.05, 0.1) is 6.10 Å². The number of nitrogens with one attached hydrogen (secondary N) is 1. The molecule has 0 aromatic rings. The number of hydrogen-bond acceptors (Lipinski definition) is 3. The van der Waals surface area contributed by atoms with E-state index in [1.807, 2.05) is 0 Å². The van der Waals surface area contributed by atoms with E-state index in [9.17, 15) is 0 Å². The molecule has 0 unspecified atom stereocenters. The van der Waals surface area contributed by atoms with Gasteiger partial charge in [-0.25, -0.2) is 0 Å². The van der Waals surface area contributed by atoms with Crippen molar-refractivity contribution in [2.45, 2.75) is 65.0 Å². The number of hydrogen-bond donors (Lipinski definition) is 1. The molecule has 1 aliphatic carbocycles. The highest BCUT2D eigenvalue weighted by atomic mass is 16.5. The molecule has 1 saturated carbocycles. The Morgan fingerprint density at radius 1 is 1.19 bits per heavy atom. The maximum Gasteiger partial charge on any atom is 0.0684 e. The van der Waals surface area contributed by atoms with Crippen molar-refractivity contribution in [3.05, 3.63) is 0 Å². The molecule has 0 bridgehead atoms. The summed E-state index contributed by atoms with van der Waals surface area (Å²) >= 11 is 0. The summed E-state index contributed by atoms with van der Waals surface area (Å²) in [5.74, 6) is 1.66. The number of fused-ring (bicyclic) bond motifs is 1. The lowest BCUT2D eigenvalue weighted by molar-refractivity contribution is -0.193. The highest BCUT2D eigenvalue weighted by Crippen LogP contribution is 2.51. The Kier molecular flexibility index (Phi) is 4.92. The van der Waals surface area contributed by atoms with Gasteiger partial charge in [0.2, 0.25) is 0 Å². The third-order valence-corrected chi connectivity index (χ3v) is 6.20. The van der Waals surface area contributed by atoms with Crippen LogP contribution in [0.3, 0.4) is 0 Å². The minimum absolute atomic E-state index is 0.327. The van der Waals surface area contributed by atoms with Gasteiger partial charge in [-0.05, 0) is 64.2 Å². The molecule has 0 radical (unpaired) electrons. The molecule has 21 heavy (non-hydrogen) atoms. The molecule has 3 heteroatoms. The Bertz CT molecular complexity index is 336. The van der Waals surface area contributed by atoms with Crippen molar-refractivity contribution in [2.75, 3.05) is 32.8 Å². The van der Waals surface area contributed by atoms with Crippen LogP contribution >= 0.6 is 0 Å². The number of nitrogens with zero attached hydrogens (tertiary/aromatic N) is 1. The maximum atomic E-state index is 6.01. The second-order valence-electron chi connectivity index (χ2n) is 8.09. The van der Waals surface area contributed by atoms with Crippen molar-refractivity contribution < 1.29 is 4.74 Å². The summed E-state index contributed by atoms with van der Waals surface area (Å²) < 4.78 is 6.01. The van der Waals surface area contributed by atoms with Gasteiger partial charge in [-0.15, -0.1) is 0 Å². The van der Waals surface area contributed by atoms with Crippen LogP contribution in [0.2, 0.25) is 0 Å². The van der Waals surface area contributed by atoms with Crippen LogP contribution in [0.4, 0.5) is 0 Å². The van der Waals surface area contributed by atoms with Gasteiger partial charge in [0.25, 0.3) is 0 Å². The Morgan fingerprint density at radius 3 is 2.67 bits per heavy atom. The molecule has 3 nitrogen and oxygen atoms in total. The number of likely N-dealkylation sites (tertiary alicyclic amines) is 1. The molecular weight excluding hydrogens is 260 g/mol. The summed E-state index contributed by atoms with van der Waals surface area (Å²) in [6.45, 7) is 13.2. The smallest absolute Gasteiger partial charge is 0.0684 e. The summed E-state index contributed by atoms with van der Waals surface area (Å²) in [6.07, 6.45) is 7.18. The number of ether oxygens (including phenoxy) is 1. The Hall–Kier alpha value is -0.120. The SMILES string of the molecule is CCCN1CCC(CN[C@@H]2[C@@H]3CCCO[C@H]3C2(C)C)CC1. The zero-order chi connectivity index (χ0) is 14.9. The molecule has 122 valence electrons. The average molecular weight is 294 g/mol. The Balaban J connectivity index is 1.43. The van der Waals surface area contributed by atoms with E-state index >= 15 is 0 Å². The first-order valence-corrected chi connectivity index (χ1v) is 9.20. The minimum atomic E-state index is 0.327. The van der Waals surface area contributed by atoms with Gasteiger partial charge in [0.1, 0.15) is 0 Å².